The number of benzene rings is 3. The Hall–Kier alpha value is -4.33. The minimum absolute atomic E-state index is 0.232. The van der Waals surface area contributed by atoms with Gasteiger partial charge in [-0.25, -0.2) is 0 Å². The van der Waals surface area contributed by atoms with E-state index in [2.05, 4.69) is 10.6 Å². The van der Waals surface area contributed by atoms with Crippen LogP contribution in [0.25, 0.3) is 0 Å². The van der Waals surface area contributed by atoms with Crippen molar-refractivity contribution in [2.75, 3.05) is 24.4 Å². The lowest BCUT2D eigenvalue weighted by Gasteiger charge is -2.09. The molecule has 3 rings (SSSR count). The smallest absolute Gasteiger partial charge is 0.255 e. The first-order valence-corrected chi connectivity index (χ1v) is 9.32. The Labute approximate surface area is 179 Å². The second-order valence-corrected chi connectivity index (χ2v) is 6.49. The van der Waals surface area contributed by atoms with E-state index in [1.807, 2.05) is 0 Å². The van der Waals surface area contributed by atoms with Gasteiger partial charge in [0.25, 0.3) is 17.7 Å². The van der Waals surface area contributed by atoms with Gasteiger partial charge < -0.3 is 25.8 Å². The molecule has 0 aliphatic heterocycles. The summed E-state index contributed by atoms with van der Waals surface area (Å²) in [6.07, 6.45) is 0. The molecule has 0 saturated heterocycles. The van der Waals surface area contributed by atoms with Gasteiger partial charge in [-0.15, -0.1) is 0 Å². The summed E-state index contributed by atoms with van der Waals surface area (Å²) in [4.78, 5) is 35.5. The summed E-state index contributed by atoms with van der Waals surface area (Å²) < 4.78 is 10.3. The molecule has 3 aromatic rings. The summed E-state index contributed by atoms with van der Waals surface area (Å²) in [6, 6.07) is 19.8. The zero-order valence-corrected chi connectivity index (χ0v) is 16.8. The average molecular weight is 419 g/mol. The fourth-order valence-corrected chi connectivity index (χ4v) is 2.64. The molecule has 8 nitrogen and oxygen atoms in total. The largest absolute Gasteiger partial charge is 0.497 e. The van der Waals surface area contributed by atoms with Gasteiger partial charge in [0.05, 0.1) is 7.11 Å². The Morgan fingerprint density at radius 1 is 0.710 bits per heavy atom. The van der Waals surface area contributed by atoms with Crippen molar-refractivity contribution in [1.29, 1.82) is 0 Å². The van der Waals surface area contributed by atoms with Gasteiger partial charge in [-0.05, 0) is 72.8 Å². The van der Waals surface area contributed by atoms with E-state index >= 15 is 0 Å². The monoisotopic (exact) mass is 419 g/mol. The molecule has 0 atom stereocenters. The molecule has 31 heavy (non-hydrogen) atoms. The van der Waals surface area contributed by atoms with E-state index < -0.39 is 5.91 Å². The third-order valence-corrected chi connectivity index (χ3v) is 4.25. The average Bonchev–Trinajstić information content (AvgIpc) is 2.79. The van der Waals surface area contributed by atoms with Crippen LogP contribution in [0.2, 0.25) is 0 Å². The van der Waals surface area contributed by atoms with Crippen molar-refractivity contribution in [2.24, 2.45) is 5.73 Å². The second-order valence-electron chi connectivity index (χ2n) is 6.49. The molecule has 0 heterocycles. The van der Waals surface area contributed by atoms with Crippen LogP contribution >= 0.6 is 0 Å². The molecule has 0 radical (unpaired) electrons. The lowest BCUT2D eigenvalue weighted by atomic mass is 10.1. The minimum atomic E-state index is -0.581. The molecule has 0 fully saturated rings. The number of carbonyl (C=O) groups is 3. The van der Waals surface area contributed by atoms with Crippen molar-refractivity contribution in [1.82, 2.24) is 0 Å². The van der Waals surface area contributed by atoms with Crippen molar-refractivity contribution in [3.05, 3.63) is 83.9 Å². The summed E-state index contributed by atoms with van der Waals surface area (Å²) in [7, 11) is 1.57. The van der Waals surface area contributed by atoms with Crippen molar-refractivity contribution < 1.29 is 23.9 Å². The van der Waals surface area contributed by atoms with E-state index in [9.17, 15) is 14.4 Å². The first kappa shape index (κ1) is 21.4. The Morgan fingerprint density at radius 2 is 1.13 bits per heavy atom. The van der Waals surface area contributed by atoms with Gasteiger partial charge in [-0.2, -0.15) is 0 Å². The normalized spacial score (nSPS) is 10.1. The zero-order valence-electron chi connectivity index (χ0n) is 16.8. The van der Waals surface area contributed by atoms with E-state index in [0.717, 1.165) is 0 Å². The molecule has 158 valence electrons. The van der Waals surface area contributed by atoms with E-state index in [-0.39, 0.29) is 18.4 Å². The highest BCUT2D eigenvalue weighted by Gasteiger charge is 2.09. The summed E-state index contributed by atoms with van der Waals surface area (Å²) in [5.74, 6) is -0.0390. The molecule has 8 heteroatoms. The third-order valence-electron chi connectivity index (χ3n) is 4.25. The molecule has 0 saturated carbocycles. The molecule has 4 N–H and O–H groups in total. The zero-order chi connectivity index (χ0) is 22.2. The van der Waals surface area contributed by atoms with Crippen LogP contribution in [0, 0.1) is 0 Å². The molecule has 0 bridgehead atoms. The predicted octanol–water partition coefficient (Wildman–Crippen LogP) is 3.06. The summed E-state index contributed by atoms with van der Waals surface area (Å²) in [5, 5.41) is 5.55. The van der Waals surface area contributed by atoms with Crippen LogP contribution < -0.4 is 25.8 Å². The van der Waals surface area contributed by atoms with Crippen molar-refractivity contribution in [3.8, 4) is 11.5 Å². The predicted molar refractivity (Wildman–Crippen MR) is 116 cm³/mol. The van der Waals surface area contributed by atoms with E-state index in [4.69, 9.17) is 15.2 Å². The number of anilines is 2. The topological polar surface area (TPSA) is 120 Å². The van der Waals surface area contributed by atoms with Gasteiger partial charge >= 0.3 is 0 Å². The van der Waals surface area contributed by atoms with Gasteiger partial charge in [-0.1, -0.05) is 0 Å². The second kappa shape index (κ2) is 9.93. The first-order chi connectivity index (χ1) is 14.9. The van der Waals surface area contributed by atoms with Gasteiger partial charge in [0.2, 0.25) is 0 Å². The van der Waals surface area contributed by atoms with E-state index in [0.29, 0.717) is 34.0 Å². The Morgan fingerprint density at radius 3 is 1.58 bits per heavy atom. The molecule has 0 aromatic heterocycles. The van der Waals surface area contributed by atoms with Crippen molar-refractivity contribution in [2.45, 2.75) is 0 Å². The summed E-state index contributed by atoms with van der Waals surface area (Å²) in [5.41, 5.74) is 7.07. The molecule has 3 amide bonds. The van der Waals surface area contributed by atoms with Crippen molar-refractivity contribution >= 4 is 29.1 Å². The van der Waals surface area contributed by atoms with Gasteiger partial charge in [-0.3, -0.25) is 14.4 Å². The Kier molecular flexibility index (Phi) is 6.85. The third kappa shape index (κ3) is 6.07. The number of rotatable bonds is 8. The van der Waals surface area contributed by atoms with Crippen LogP contribution in [0.4, 0.5) is 11.4 Å². The van der Waals surface area contributed by atoms with Gasteiger partial charge in [0.1, 0.15) is 11.5 Å². The molecule has 0 aliphatic rings. The van der Waals surface area contributed by atoms with Crippen LogP contribution in [0.1, 0.15) is 20.7 Å². The van der Waals surface area contributed by atoms with Gasteiger partial charge in [0.15, 0.2) is 6.61 Å². The van der Waals surface area contributed by atoms with Crippen LogP contribution in [0.3, 0.4) is 0 Å². The molecular formula is C23H21N3O5. The Bertz CT molecular complexity index is 1060. The number of carbonyl (C=O) groups excluding carboxylic acids is 3. The fraction of sp³-hybridized carbons (Fsp3) is 0.0870. The number of primary amides is 1. The fourth-order valence-electron chi connectivity index (χ4n) is 2.64. The maximum Gasteiger partial charge on any atom is 0.255 e. The van der Waals surface area contributed by atoms with Crippen LogP contribution in [0.5, 0.6) is 11.5 Å². The number of nitrogens with two attached hydrogens (primary N) is 1. The standard InChI is InChI=1S/C23H21N3O5/c1-30-19-12-8-18(9-13-19)26-22(28)15-2-6-17(7-3-15)25-23(29)16-4-10-20(11-5-16)31-14-21(24)27/h2-13H,14H2,1H3,(H2,24,27)(H,25,29)(H,26,28). The van der Waals surface area contributed by atoms with Crippen LogP contribution in [0.15, 0.2) is 72.8 Å². The molecule has 0 aliphatic carbocycles. The van der Waals surface area contributed by atoms with E-state index in [1.54, 1.807) is 79.9 Å². The number of nitrogens with one attached hydrogen (secondary N) is 2. The summed E-state index contributed by atoms with van der Waals surface area (Å²) in [6.45, 7) is -0.232. The molecular weight excluding hydrogens is 398 g/mol. The Balaban J connectivity index is 1.57. The lowest BCUT2D eigenvalue weighted by Crippen LogP contribution is -2.20. The van der Waals surface area contributed by atoms with Crippen LogP contribution in [-0.4, -0.2) is 31.4 Å². The minimum Gasteiger partial charge on any atom is -0.497 e. The molecule has 0 unspecified atom stereocenters. The summed E-state index contributed by atoms with van der Waals surface area (Å²) >= 11 is 0. The highest BCUT2D eigenvalue weighted by Crippen LogP contribution is 2.18. The maximum atomic E-state index is 12.4. The van der Waals surface area contributed by atoms with Crippen LogP contribution in [-0.2, 0) is 4.79 Å². The SMILES string of the molecule is COc1ccc(NC(=O)c2ccc(NC(=O)c3ccc(OCC(N)=O)cc3)cc2)cc1. The number of amides is 3. The van der Waals surface area contributed by atoms with Crippen molar-refractivity contribution in [3.63, 3.8) is 0 Å². The number of methoxy groups -OCH3 is 1. The van der Waals surface area contributed by atoms with E-state index in [1.165, 1.54) is 0 Å². The number of hydrogen-bond acceptors (Lipinski definition) is 5. The highest BCUT2D eigenvalue weighted by molar-refractivity contribution is 6.06. The lowest BCUT2D eigenvalue weighted by molar-refractivity contribution is -0.119. The molecule has 0 spiro atoms. The van der Waals surface area contributed by atoms with Gasteiger partial charge in [0, 0.05) is 22.5 Å². The highest BCUT2D eigenvalue weighted by atomic mass is 16.5. The number of hydrogen-bond donors (Lipinski definition) is 3. The quantitative estimate of drug-likeness (QED) is 0.518. The maximum absolute atomic E-state index is 12.4. The first-order valence-electron chi connectivity index (χ1n) is 9.32. The molecule has 3 aromatic carbocycles. The number of ether oxygens (including phenoxy) is 2.